The molecule has 4 rings (SSSR count). The van der Waals surface area contributed by atoms with Gasteiger partial charge in [0.15, 0.2) is 16.3 Å². The lowest BCUT2D eigenvalue weighted by Crippen LogP contribution is -2.40. The fourth-order valence-electron chi connectivity index (χ4n) is 4.14. The number of hydrogen-bond donors (Lipinski definition) is 1. The largest absolute Gasteiger partial charge is 0.503 e. The summed E-state index contributed by atoms with van der Waals surface area (Å²) in [4.78, 5) is 32.1. The molecule has 0 saturated carbocycles. The quantitative estimate of drug-likeness (QED) is 0.419. The summed E-state index contributed by atoms with van der Waals surface area (Å²) >= 11 is 4.53. The Labute approximate surface area is 226 Å². The van der Waals surface area contributed by atoms with Gasteiger partial charge in [-0.1, -0.05) is 29.5 Å². The standard InChI is InChI=1S/C27H27BrN2O6S/c1-6-35-26(33)22-15(4)29-27-30(23(22)17-9-7-8-10-19(17)36-14(2)3)25(32)21(37-27)13-16-11-18(28)24(31)20(12-16)34-5/h7-14,23,31H,6H2,1-5H3/b21-13-. The van der Waals surface area contributed by atoms with Crippen molar-refractivity contribution in [1.29, 1.82) is 0 Å². The summed E-state index contributed by atoms with van der Waals surface area (Å²) < 4.78 is 19.0. The number of rotatable bonds is 7. The molecular formula is C27H27BrN2O6S. The van der Waals surface area contributed by atoms with Crippen molar-refractivity contribution in [1.82, 2.24) is 4.57 Å². The maximum absolute atomic E-state index is 13.8. The van der Waals surface area contributed by atoms with Crippen molar-refractivity contribution in [3.8, 4) is 17.2 Å². The molecule has 1 aromatic heterocycles. The number of fused-ring (bicyclic) bond motifs is 1. The molecule has 8 nitrogen and oxygen atoms in total. The monoisotopic (exact) mass is 586 g/mol. The molecule has 3 aromatic rings. The van der Waals surface area contributed by atoms with E-state index in [1.165, 1.54) is 23.0 Å². The molecule has 0 saturated heterocycles. The number of allylic oxidation sites excluding steroid dienone is 1. The van der Waals surface area contributed by atoms with Gasteiger partial charge in [0.2, 0.25) is 0 Å². The van der Waals surface area contributed by atoms with Gasteiger partial charge in [-0.15, -0.1) is 0 Å². The number of halogens is 1. The van der Waals surface area contributed by atoms with Crippen LogP contribution in [0, 0.1) is 0 Å². The minimum Gasteiger partial charge on any atom is -0.503 e. The molecule has 0 amide bonds. The van der Waals surface area contributed by atoms with E-state index in [0.717, 1.165) is 0 Å². The Hall–Kier alpha value is -3.37. The molecule has 1 aliphatic heterocycles. The third kappa shape index (κ3) is 5.21. The van der Waals surface area contributed by atoms with Crippen molar-refractivity contribution in [3.63, 3.8) is 0 Å². The molecule has 1 N–H and O–H groups in total. The number of methoxy groups -OCH3 is 1. The van der Waals surface area contributed by atoms with E-state index in [-0.39, 0.29) is 35.3 Å². The van der Waals surface area contributed by atoms with Gasteiger partial charge in [0, 0.05) is 5.56 Å². The van der Waals surface area contributed by atoms with Crippen molar-refractivity contribution < 1.29 is 24.1 Å². The Morgan fingerprint density at radius 3 is 2.68 bits per heavy atom. The van der Waals surface area contributed by atoms with Crippen molar-refractivity contribution >= 4 is 39.3 Å². The number of thiazole rings is 1. The van der Waals surface area contributed by atoms with E-state index in [0.29, 0.717) is 36.4 Å². The number of hydrogen-bond acceptors (Lipinski definition) is 8. The summed E-state index contributed by atoms with van der Waals surface area (Å²) in [7, 11) is 1.45. The lowest BCUT2D eigenvalue weighted by molar-refractivity contribution is -0.139. The first-order valence-electron chi connectivity index (χ1n) is 11.7. The first-order chi connectivity index (χ1) is 17.7. The van der Waals surface area contributed by atoms with Gasteiger partial charge < -0.3 is 19.3 Å². The molecule has 0 fully saturated rings. The molecule has 194 valence electrons. The highest BCUT2D eigenvalue weighted by Crippen LogP contribution is 2.37. The van der Waals surface area contributed by atoms with Crippen LogP contribution in [-0.4, -0.2) is 35.5 Å². The molecule has 0 radical (unpaired) electrons. The van der Waals surface area contributed by atoms with Crippen LogP contribution in [-0.2, 0) is 9.53 Å². The summed E-state index contributed by atoms with van der Waals surface area (Å²) in [5.74, 6) is 0.277. The SMILES string of the molecule is CCOC(=O)C1=C(C)N=c2s/c(=C\c3cc(Br)c(O)c(OC)c3)c(=O)n2C1c1ccccc1OC(C)C. The van der Waals surface area contributed by atoms with Gasteiger partial charge in [-0.2, -0.15) is 0 Å². The summed E-state index contributed by atoms with van der Waals surface area (Å²) in [6.07, 6.45) is 1.59. The van der Waals surface area contributed by atoms with Crippen LogP contribution >= 0.6 is 27.3 Å². The van der Waals surface area contributed by atoms with Gasteiger partial charge in [-0.05, 0) is 73.5 Å². The van der Waals surface area contributed by atoms with E-state index in [2.05, 4.69) is 20.9 Å². The number of esters is 1. The van der Waals surface area contributed by atoms with E-state index in [1.807, 2.05) is 38.1 Å². The zero-order chi connectivity index (χ0) is 26.9. The number of phenols is 1. The molecular weight excluding hydrogens is 560 g/mol. The van der Waals surface area contributed by atoms with Gasteiger partial charge >= 0.3 is 5.97 Å². The van der Waals surface area contributed by atoms with Crippen LogP contribution in [0.25, 0.3) is 6.08 Å². The van der Waals surface area contributed by atoms with E-state index in [9.17, 15) is 14.7 Å². The Bertz CT molecular complexity index is 1570. The van der Waals surface area contributed by atoms with Crippen molar-refractivity contribution in [2.24, 2.45) is 4.99 Å². The molecule has 0 bridgehead atoms. The predicted octanol–water partition coefficient (Wildman–Crippen LogP) is 4.06. The maximum Gasteiger partial charge on any atom is 0.338 e. The summed E-state index contributed by atoms with van der Waals surface area (Å²) in [5.41, 5.74) is 1.76. The average Bonchev–Trinajstić information content (AvgIpc) is 3.14. The van der Waals surface area contributed by atoms with Crippen LogP contribution in [0.3, 0.4) is 0 Å². The number of benzene rings is 2. The van der Waals surface area contributed by atoms with Crippen molar-refractivity contribution in [2.75, 3.05) is 13.7 Å². The number of nitrogens with zero attached hydrogens (tertiary/aromatic N) is 2. The summed E-state index contributed by atoms with van der Waals surface area (Å²) in [6, 6.07) is 9.90. The third-order valence-electron chi connectivity index (χ3n) is 5.66. The maximum atomic E-state index is 13.8. The second kappa shape index (κ2) is 10.9. The molecule has 37 heavy (non-hydrogen) atoms. The second-order valence-electron chi connectivity index (χ2n) is 8.56. The number of aromatic hydroxyl groups is 1. The molecule has 0 spiro atoms. The highest BCUT2D eigenvalue weighted by Gasteiger charge is 2.35. The molecule has 2 aromatic carbocycles. The minimum atomic E-state index is -0.784. The van der Waals surface area contributed by atoms with Gasteiger partial charge in [0.05, 0.1) is 40.1 Å². The Morgan fingerprint density at radius 2 is 2.00 bits per heavy atom. The fourth-order valence-corrected chi connectivity index (χ4v) is 5.64. The van der Waals surface area contributed by atoms with Gasteiger partial charge in [-0.25, -0.2) is 9.79 Å². The number of phenolic OH excluding ortho intramolecular Hbond substituents is 1. The van der Waals surface area contributed by atoms with Gasteiger partial charge in [0.1, 0.15) is 11.8 Å². The van der Waals surface area contributed by atoms with Crippen LogP contribution in [0.1, 0.15) is 44.9 Å². The van der Waals surface area contributed by atoms with E-state index in [1.54, 1.807) is 32.1 Å². The first-order valence-corrected chi connectivity index (χ1v) is 13.3. The normalized spacial score (nSPS) is 15.4. The van der Waals surface area contributed by atoms with E-state index < -0.39 is 12.0 Å². The van der Waals surface area contributed by atoms with Gasteiger partial charge in [0.25, 0.3) is 5.56 Å². The van der Waals surface area contributed by atoms with Crippen LogP contribution in [0.2, 0.25) is 0 Å². The highest BCUT2D eigenvalue weighted by atomic mass is 79.9. The van der Waals surface area contributed by atoms with Crippen molar-refractivity contribution in [3.05, 3.63) is 83.0 Å². The van der Waals surface area contributed by atoms with E-state index >= 15 is 0 Å². The van der Waals surface area contributed by atoms with Crippen LogP contribution in [0.15, 0.2) is 61.9 Å². The lowest BCUT2D eigenvalue weighted by atomic mass is 9.95. The van der Waals surface area contributed by atoms with Crippen LogP contribution < -0.4 is 24.4 Å². The van der Waals surface area contributed by atoms with Crippen LogP contribution in [0.5, 0.6) is 17.2 Å². The smallest absolute Gasteiger partial charge is 0.338 e. The van der Waals surface area contributed by atoms with Gasteiger partial charge in [-0.3, -0.25) is 9.36 Å². The number of aromatic nitrogens is 1. The highest BCUT2D eigenvalue weighted by molar-refractivity contribution is 9.10. The third-order valence-corrected chi connectivity index (χ3v) is 7.25. The van der Waals surface area contributed by atoms with Crippen molar-refractivity contribution in [2.45, 2.75) is 39.8 Å². The first kappa shape index (κ1) is 26.7. The fraction of sp³-hybridized carbons (Fsp3) is 0.296. The molecule has 1 unspecified atom stereocenters. The Balaban J connectivity index is 1.98. The summed E-state index contributed by atoms with van der Waals surface area (Å²) in [6.45, 7) is 7.50. The molecule has 1 aliphatic rings. The Morgan fingerprint density at radius 1 is 1.27 bits per heavy atom. The number of ether oxygens (including phenoxy) is 3. The molecule has 1 atom stereocenters. The zero-order valence-electron chi connectivity index (χ0n) is 21.1. The lowest BCUT2D eigenvalue weighted by Gasteiger charge is -2.26. The zero-order valence-corrected chi connectivity index (χ0v) is 23.5. The minimum absolute atomic E-state index is 0.0300. The second-order valence-corrected chi connectivity index (χ2v) is 10.4. The average molecular weight is 587 g/mol. The molecule has 10 heteroatoms. The Kier molecular flexibility index (Phi) is 7.89. The van der Waals surface area contributed by atoms with E-state index in [4.69, 9.17) is 14.2 Å². The summed E-state index contributed by atoms with van der Waals surface area (Å²) in [5, 5.41) is 10.2. The van der Waals surface area contributed by atoms with Crippen LogP contribution in [0.4, 0.5) is 0 Å². The number of carbonyl (C=O) groups is 1. The molecule has 0 aliphatic carbocycles. The number of carbonyl (C=O) groups excluding carboxylic acids is 1. The molecule has 2 heterocycles. The number of para-hydroxylation sites is 1. The predicted molar refractivity (Wildman–Crippen MR) is 145 cm³/mol. The topological polar surface area (TPSA) is 99.4 Å².